The molecule has 1 fully saturated rings. The number of hydrogen-bond acceptors (Lipinski definition) is 3. The zero-order valence-electron chi connectivity index (χ0n) is 14.2. The van der Waals surface area contributed by atoms with Crippen molar-refractivity contribution in [2.45, 2.75) is 44.6 Å². The molecular weight excluding hydrogens is 317 g/mol. The lowest BCUT2D eigenvalue weighted by Crippen LogP contribution is -2.34. The zero-order chi connectivity index (χ0) is 17.4. The maximum atomic E-state index is 13.7. The number of ether oxygens (including phenoxy) is 1. The number of imidazole rings is 1. The Morgan fingerprint density at radius 3 is 2.72 bits per heavy atom. The van der Waals surface area contributed by atoms with Crippen LogP contribution >= 0.6 is 0 Å². The first-order chi connectivity index (χ1) is 12.1. The topological polar surface area (TPSA) is 53.1 Å². The van der Waals surface area contributed by atoms with E-state index in [0.717, 1.165) is 29.7 Å². The van der Waals surface area contributed by atoms with Crippen molar-refractivity contribution >= 4 is 11.0 Å². The van der Waals surface area contributed by atoms with Crippen LogP contribution in [-0.2, 0) is 11.3 Å². The van der Waals surface area contributed by atoms with Crippen molar-refractivity contribution in [2.75, 3.05) is 0 Å². The highest BCUT2D eigenvalue weighted by Crippen LogP contribution is 2.39. The third kappa shape index (κ3) is 3.17. The van der Waals surface area contributed by atoms with Crippen LogP contribution in [0.3, 0.4) is 0 Å². The van der Waals surface area contributed by atoms with Crippen molar-refractivity contribution < 1.29 is 9.13 Å². The van der Waals surface area contributed by atoms with E-state index in [0.29, 0.717) is 6.61 Å². The molecule has 1 saturated carbocycles. The molecule has 2 aromatic carbocycles. The molecule has 130 valence electrons. The predicted octanol–water partition coefficient (Wildman–Crippen LogP) is 4.12. The maximum absolute atomic E-state index is 13.7. The second-order valence-corrected chi connectivity index (χ2v) is 6.81. The van der Waals surface area contributed by atoms with E-state index in [1.165, 1.54) is 11.6 Å². The summed E-state index contributed by atoms with van der Waals surface area (Å²) in [5, 5.41) is 0. The van der Waals surface area contributed by atoms with Crippen molar-refractivity contribution in [3.8, 4) is 0 Å². The average Bonchev–Trinajstić information content (AvgIpc) is 2.93. The quantitative estimate of drug-likeness (QED) is 0.761. The first-order valence-electron chi connectivity index (χ1n) is 8.70. The summed E-state index contributed by atoms with van der Waals surface area (Å²) in [6.07, 6.45) is 2.01. The van der Waals surface area contributed by atoms with Gasteiger partial charge in [-0.05, 0) is 43.5 Å². The third-order valence-electron chi connectivity index (χ3n) is 4.85. The molecule has 4 nitrogen and oxygen atoms in total. The Bertz CT molecular complexity index is 869. The highest BCUT2D eigenvalue weighted by atomic mass is 19.1. The van der Waals surface area contributed by atoms with Gasteiger partial charge >= 0.3 is 0 Å². The molecule has 25 heavy (non-hydrogen) atoms. The van der Waals surface area contributed by atoms with Gasteiger partial charge in [-0.1, -0.05) is 30.3 Å². The van der Waals surface area contributed by atoms with Crippen LogP contribution in [0, 0.1) is 5.82 Å². The number of rotatable bonds is 5. The molecule has 0 radical (unpaired) electrons. The highest BCUT2D eigenvalue weighted by Gasteiger charge is 2.34. The molecule has 1 aromatic heterocycles. The second kappa shape index (κ2) is 6.58. The molecule has 2 N–H and O–H groups in total. The van der Waals surface area contributed by atoms with E-state index in [2.05, 4.69) is 21.7 Å². The van der Waals surface area contributed by atoms with Crippen LogP contribution in [0.25, 0.3) is 11.0 Å². The summed E-state index contributed by atoms with van der Waals surface area (Å²) in [4.78, 5) is 4.61. The maximum Gasteiger partial charge on any atom is 0.126 e. The Morgan fingerprint density at radius 1 is 1.24 bits per heavy atom. The lowest BCUT2D eigenvalue weighted by atomic mass is 9.88. The van der Waals surface area contributed by atoms with Gasteiger partial charge in [0.2, 0.25) is 0 Å². The molecule has 0 bridgehead atoms. The summed E-state index contributed by atoms with van der Waals surface area (Å²) < 4.78 is 21.8. The average molecular weight is 339 g/mol. The fourth-order valence-electron chi connectivity index (χ4n) is 3.46. The molecule has 5 heteroatoms. The van der Waals surface area contributed by atoms with Crippen LogP contribution in [0.15, 0.2) is 48.5 Å². The van der Waals surface area contributed by atoms with Crippen LogP contribution in [0.4, 0.5) is 4.39 Å². The third-order valence-corrected chi connectivity index (χ3v) is 4.85. The second-order valence-electron chi connectivity index (χ2n) is 6.81. The van der Waals surface area contributed by atoms with Gasteiger partial charge in [0, 0.05) is 6.04 Å². The van der Waals surface area contributed by atoms with Crippen molar-refractivity contribution in [1.82, 2.24) is 9.55 Å². The van der Waals surface area contributed by atoms with Crippen LogP contribution in [0.2, 0.25) is 0 Å². The smallest absolute Gasteiger partial charge is 0.126 e. The highest BCUT2D eigenvalue weighted by molar-refractivity contribution is 5.76. The summed E-state index contributed by atoms with van der Waals surface area (Å²) in [5.74, 6) is 0.563. The van der Waals surface area contributed by atoms with Gasteiger partial charge in [0.25, 0.3) is 0 Å². The summed E-state index contributed by atoms with van der Waals surface area (Å²) in [5.41, 5.74) is 8.88. The minimum Gasteiger partial charge on any atom is -0.373 e. The summed E-state index contributed by atoms with van der Waals surface area (Å²) in [7, 11) is 0. The lowest BCUT2D eigenvalue weighted by molar-refractivity contribution is -0.0355. The molecule has 1 heterocycles. The van der Waals surface area contributed by atoms with Gasteiger partial charge in [-0.25, -0.2) is 9.37 Å². The number of hydrogen-bond donors (Lipinski definition) is 1. The van der Waals surface area contributed by atoms with Crippen molar-refractivity contribution in [1.29, 1.82) is 0 Å². The van der Waals surface area contributed by atoms with E-state index in [9.17, 15) is 4.39 Å². The van der Waals surface area contributed by atoms with Crippen molar-refractivity contribution in [3.63, 3.8) is 0 Å². The van der Waals surface area contributed by atoms with Gasteiger partial charge < -0.3 is 15.0 Å². The molecule has 0 amide bonds. The Hall–Kier alpha value is -2.24. The van der Waals surface area contributed by atoms with E-state index in [1.54, 1.807) is 12.1 Å². The van der Waals surface area contributed by atoms with Crippen molar-refractivity contribution in [2.24, 2.45) is 5.73 Å². The number of fused-ring (bicyclic) bond motifs is 1. The van der Waals surface area contributed by atoms with Crippen LogP contribution in [-0.4, -0.2) is 15.7 Å². The Kier molecular flexibility index (Phi) is 4.27. The minimum absolute atomic E-state index is 0.195. The first-order valence-corrected chi connectivity index (χ1v) is 8.70. The molecule has 0 spiro atoms. The van der Waals surface area contributed by atoms with E-state index in [1.807, 2.05) is 25.1 Å². The monoisotopic (exact) mass is 339 g/mol. The molecule has 4 rings (SSSR count). The minimum atomic E-state index is -0.249. The normalized spacial score (nSPS) is 21.2. The molecule has 0 aliphatic heterocycles. The van der Waals surface area contributed by atoms with Crippen LogP contribution in [0.1, 0.15) is 43.2 Å². The molecule has 3 aromatic rings. The molecule has 1 aliphatic rings. The van der Waals surface area contributed by atoms with Gasteiger partial charge in [0.05, 0.1) is 29.8 Å². The number of benzene rings is 2. The summed E-state index contributed by atoms with van der Waals surface area (Å²) in [6.45, 7) is 2.54. The molecule has 1 unspecified atom stereocenters. The van der Waals surface area contributed by atoms with E-state index in [-0.39, 0.29) is 24.0 Å². The summed E-state index contributed by atoms with van der Waals surface area (Å²) >= 11 is 0. The van der Waals surface area contributed by atoms with Gasteiger partial charge in [-0.3, -0.25) is 0 Å². The van der Waals surface area contributed by atoms with E-state index < -0.39 is 0 Å². The van der Waals surface area contributed by atoms with Crippen molar-refractivity contribution in [3.05, 3.63) is 65.7 Å². The Morgan fingerprint density at radius 2 is 2.00 bits per heavy atom. The van der Waals surface area contributed by atoms with Crippen LogP contribution in [0.5, 0.6) is 0 Å². The largest absolute Gasteiger partial charge is 0.373 e. The summed E-state index contributed by atoms with van der Waals surface area (Å²) in [6, 6.07) is 14.9. The molecule has 1 aliphatic carbocycles. The van der Waals surface area contributed by atoms with E-state index in [4.69, 9.17) is 10.5 Å². The number of halogens is 1. The fraction of sp³-hybridized carbons (Fsp3) is 0.350. The lowest BCUT2D eigenvalue weighted by Gasteiger charge is -2.37. The molecule has 0 saturated heterocycles. The van der Waals surface area contributed by atoms with Gasteiger partial charge in [-0.2, -0.15) is 0 Å². The van der Waals surface area contributed by atoms with Gasteiger partial charge in [0.1, 0.15) is 11.6 Å². The number of aromatic nitrogens is 2. The Labute approximate surface area is 146 Å². The predicted molar refractivity (Wildman–Crippen MR) is 95.6 cm³/mol. The number of nitrogens with zero attached hydrogens (tertiary/aromatic N) is 2. The fourth-order valence-corrected chi connectivity index (χ4v) is 3.46. The standard InChI is InChI=1S/C20H22FN3O/c1-13(22)20-23-18-8-7-15(21)9-19(18)24(20)16-10-17(11-16)25-12-14-5-3-2-4-6-14/h2-9,13,16-17H,10-12,22H2,1H3. The molecular formula is C20H22FN3O. The number of nitrogens with two attached hydrogens (primary N) is 1. The molecule has 1 atom stereocenters. The van der Waals surface area contributed by atoms with Gasteiger partial charge in [0.15, 0.2) is 0 Å². The van der Waals surface area contributed by atoms with Crippen LogP contribution < -0.4 is 5.73 Å². The SMILES string of the molecule is CC(N)c1nc2ccc(F)cc2n1C1CC(OCc2ccccc2)C1. The van der Waals surface area contributed by atoms with E-state index >= 15 is 0 Å². The Balaban J connectivity index is 1.49. The zero-order valence-corrected chi connectivity index (χ0v) is 14.2. The first kappa shape index (κ1) is 16.2. The van der Waals surface area contributed by atoms with Gasteiger partial charge in [-0.15, -0.1) is 0 Å².